The summed E-state index contributed by atoms with van der Waals surface area (Å²) >= 11 is 0. The van der Waals surface area contributed by atoms with Gasteiger partial charge in [-0.15, -0.1) is 0 Å². The van der Waals surface area contributed by atoms with Gasteiger partial charge in [0.05, 0.1) is 6.42 Å². The monoisotopic (exact) mass is 217 g/mol. The van der Waals surface area contributed by atoms with E-state index in [-0.39, 0.29) is 25.3 Å². The third kappa shape index (κ3) is 6.48. The van der Waals surface area contributed by atoms with Crippen LogP contribution in [0.4, 0.5) is 0 Å². The number of carboxylic acids is 2. The van der Waals surface area contributed by atoms with E-state index in [9.17, 15) is 14.4 Å². The minimum absolute atomic E-state index is 0.0551. The first-order chi connectivity index (χ1) is 6.97. The van der Waals surface area contributed by atoms with E-state index in [1.54, 1.807) is 6.92 Å². The fraction of sp³-hybridized carbons (Fsp3) is 0.667. The molecule has 0 saturated heterocycles. The van der Waals surface area contributed by atoms with Crippen LogP contribution in [0.3, 0.4) is 0 Å². The molecule has 0 spiro atoms. The van der Waals surface area contributed by atoms with E-state index in [0.29, 0.717) is 6.42 Å². The molecular weight excluding hydrogens is 202 g/mol. The molecule has 0 fully saturated rings. The Balaban J connectivity index is 4.23. The molecule has 2 N–H and O–H groups in total. The smallest absolute Gasteiger partial charge is 0.323 e. The summed E-state index contributed by atoms with van der Waals surface area (Å²) < 4.78 is 0. The van der Waals surface area contributed by atoms with Gasteiger partial charge in [-0.1, -0.05) is 6.92 Å². The Morgan fingerprint density at radius 2 is 1.67 bits per heavy atom. The van der Waals surface area contributed by atoms with Crippen LogP contribution < -0.4 is 0 Å². The van der Waals surface area contributed by atoms with Crippen LogP contribution in [0.1, 0.15) is 26.2 Å². The molecule has 0 bridgehead atoms. The van der Waals surface area contributed by atoms with Crippen molar-refractivity contribution in [2.45, 2.75) is 26.2 Å². The molecule has 0 heterocycles. The lowest BCUT2D eigenvalue weighted by molar-refractivity contribution is -0.146. The van der Waals surface area contributed by atoms with E-state index < -0.39 is 18.5 Å². The maximum atomic E-state index is 11.4. The van der Waals surface area contributed by atoms with Gasteiger partial charge in [0.1, 0.15) is 6.54 Å². The first-order valence-electron chi connectivity index (χ1n) is 4.68. The first-order valence-corrected chi connectivity index (χ1v) is 4.68. The quantitative estimate of drug-likeness (QED) is 0.634. The van der Waals surface area contributed by atoms with Crippen molar-refractivity contribution in [3.05, 3.63) is 0 Å². The van der Waals surface area contributed by atoms with Gasteiger partial charge < -0.3 is 15.1 Å². The molecule has 0 atom stereocenters. The number of rotatable bonds is 7. The van der Waals surface area contributed by atoms with Crippen molar-refractivity contribution < 1.29 is 24.6 Å². The summed E-state index contributed by atoms with van der Waals surface area (Å²) in [5.41, 5.74) is 0. The molecule has 0 aliphatic heterocycles. The molecule has 0 saturated carbocycles. The normalized spacial score (nSPS) is 9.67. The molecule has 0 aromatic rings. The van der Waals surface area contributed by atoms with E-state index in [0.717, 1.165) is 4.90 Å². The first kappa shape index (κ1) is 13.4. The molecule has 6 nitrogen and oxygen atoms in total. The second-order valence-electron chi connectivity index (χ2n) is 3.10. The van der Waals surface area contributed by atoms with E-state index in [1.165, 1.54) is 0 Å². The number of nitrogens with zero attached hydrogens (tertiary/aromatic N) is 1. The summed E-state index contributed by atoms with van der Waals surface area (Å²) in [6.07, 6.45) is 0.623. The Morgan fingerprint density at radius 1 is 1.07 bits per heavy atom. The van der Waals surface area contributed by atoms with Gasteiger partial charge in [0.25, 0.3) is 0 Å². The zero-order valence-corrected chi connectivity index (χ0v) is 8.60. The van der Waals surface area contributed by atoms with Crippen molar-refractivity contribution in [1.82, 2.24) is 4.90 Å². The van der Waals surface area contributed by atoms with Gasteiger partial charge in [0.2, 0.25) is 5.91 Å². The van der Waals surface area contributed by atoms with Crippen LogP contribution in [-0.2, 0) is 14.4 Å². The topological polar surface area (TPSA) is 94.9 Å². The van der Waals surface area contributed by atoms with Crippen LogP contribution in [0.5, 0.6) is 0 Å². The number of aliphatic carboxylic acids is 2. The zero-order chi connectivity index (χ0) is 11.8. The van der Waals surface area contributed by atoms with Crippen molar-refractivity contribution in [2.24, 2.45) is 0 Å². The third-order valence-electron chi connectivity index (χ3n) is 1.74. The zero-order valence-electron chi connectivity index (χ0n) is 8.60. The van der Waals surface area contributed by atoms with E-state index in [2.05, 4.69) is 0 Å². The Hall–Kier alpha value is -1.59. The van der Waals surface area contributed by atoms with Crippen molar-refractivity contribution in [3.8, 4) is 0 Å². The van der Waals surface area contributed by atoms with Gasteiger partial charge in [-0.3, -0.25) is 14.4 Å². The number of carboxylic acid groups (broad SMARTS) is 2. The molecular formula is C9H15NO5. The summed E-state index contributed by atoms with van der Waals surface area (Å²) in [5.74, 6) is -2.50. The number of hydrogen-bond donors (Lipinski definition) is 2. The average molecular weight is 217 g/mol. The maximum absolute atomic E-state index is 11.4. The molecule has 0 radical (unpaired) electrons. The van der Waals surface area contributed by atoms with Crippen LogP contribution in [0.15, 0.2) is 0 Å². The Morgan fingerprint density at radius 3 is 2.07 bits per heavy atom. The molecule has 0 aliphatic carbocycles. The highest BCUT2D eigenvalue weighted by Gasteiger charge is 2.16. The summed E-state index contributed by atoms with van der Waals surface area (Å²) in [5, 5.41) is 16.9. The Kier molecular flexibility index (Phi) is 6.08. The lowest BCUT2D eigenvalue weighted by Gasteiger charge is -2.19. The number of carbonyl (C=O) groups excluding carboxylic acids is 1. The second-order valence-corrected chi connectivity index (χ2v) is 3.10. The fourth-order valence-electron chi connectivity index (χ4n) is 1.06. The van der Waals surface area contributed by atoms with Crippen LogP contribution in [0.2, 0.25) is 0 Å². The van der Waals surface area contributed by atoms with Gasteiger partial charge in [-0.2, -0.15) is 0 Å². The maximum Gasteiger partial charge on any atom is 0.323 e. The predicted molar refractivity (Wildman–Crippen MR) is 51.4 cm³/mol. The van der Waals surface area contributed by atoms with E-state index >= 15 is 0 Å². The van der Waals surface area contributed by atoms with Gasteiger partial charge >= 0.3 is 11.9 Å². The lowest BCUT2D eigenvalue weighted by Crippen LogP contribution is -2.37. The second kappa shape index (κ2) is 6.80. The largest absolute Gasteiger partial charge is 0.481 e. The van der Waals surface area contributed by atoms with E-state index in [4.69, 9.17) is 10.2 Å². The highest BCUT2D eigenvalue weighted by atomic mass is 16.4. The summed E-state index contributed by atoms with van der Waals surface area (Å²) in [6, 6.07) is 0. The molecule has 0 aromatic heterocycles. The molecule has 1 amide bonds. The highest BCUT2D eigenvalue weighted by Crippen LogP contribution is 1.99. The number of amides is 1. The van der Waals surface area contributed by atoms with Crippen molar-refractivity contribution in [3.63, 3.8) is 0 Å². The van der Waals surface area contributed by atoms with Crippen LogP contribution >= 0.6 is 0 Å². The Labute approximate surface area is 87.5 Å². The Bertz CT molecular complexity index is 251. The SMILES string of the molecule is CCCC(=O)N(CCC(=O)O)CC(=O)O. The van der Waals surface area contributed by atoms with Crippen molar-refractivity contribution in [1.29, 1.82) is 0 Å². The summed E-state index contributed by atoms with van der Waals surface area (Å²) in [6.45, 7) is 1.31. The number of carbonyl (C=O) groups is 3. The van der Waals surface area contributed by atoms with Crippen LogP contribution in [0.25, 0.3) is 0 Å². The minimum atomic E-state index is -1.13. The van der Waals surface area contributed by atoms with Gasteiger partial charge in [0.15, 0.2) is 0 Å². The fourth-order valence-corrected chi connectivity index (χ4v) is 1.06. The van der Waals surface area contributed by atoms with E-state index in [1.807, 2.05) is 0 Å². The van der Waals surface area contributed by atoms with Crippen LogP contribution in [0, 0.1) is 0 Å². The van der Waals surface area contributed by atoms with Gasteiger partial charge in [-0.05, 0) is 6.42 Å². The molecule has 0 rings (SSSR count). The molecule has 15 heavy (non-hydrogen) atoms. The summed E-state index contributed by atoms with van der Waals surface area (Å²) in [4.78, 5) is 33.1. The molecule has 6 heteroatoms. The molecule has 0 aromatic carbocycles. The minimum Gasteiger partial charge on any atom is -0.481 e. The highest BCUT2D eigenvalue weighted by molar-refractivity contribution is 5.81. The molecule has 0 unspecified atom stereocenters. The lowest BCUT2D eigenvalue weighted by atomic mass is 10.2. The van der Waals surface area contributed by atoms with Crippen molar-refractivity contribution >= 4 is 17.8 Å². The predicted octanol–water partition coefficient (Wildman–Crippen LogP) is 0.174. The average Bonchev–Trinajstić information content (AvgIpc) is 2.11. The molecule has 0 aliphatic rings. The molecule has 86 valence electrons. The van der Waals surface area contributed by atoms with Gasteiger partial charge in [0, 0.05) is 13.0 Å². The summed E-state index contributed by atoms with van der Waals surface area (Å²) in [7, 11) is 0. The number of hydrogen-bond acceptors (Lipinski definition) is 3. The van der Waals surface area contributed by atoms with Crippen molar-refractivity contribution in [2.75, 3.05) is 13.1 Å². The standard InChI is InChI=1S/C9H15NO5/c1-2-3-7(11)10(6-9(14)15)5-4-8(12)13/h2-6H2,1H3,(H,12,13)(H,14,15). The third-order valence-corrected chi connectivity index (χ3v) is 1.74. The van der Waals surface area contributed by atoms with Gasteiger partial charge in [-0.25, -0.2) is 0 Å². The van der Waals surface area contributed by atoms with Crippen LogP contribution in [-0.4, -0.2) is 46.0 Å².